The summed E-state index contributed by atoms with van der Waals surface area (Å²) in [5.74, 6) is -1.57. The number of nitrogens with one attached hydrogen (secondary N) is 3. The van der Waals surface area contributed by atoms with E-state index < -0.39 is 17.9 Å². The van der Waals surface area contributed by atoms with E-state index in [9.17, 15) is 14.4 Å². The number of amides is 3. The van der Waals surface area contributed by atoms with Crippen LogP contribution >= 0.6 is 0 Å². The third-order valence-electron chi connectivity index (χ3n) is 2.68. The summed E-state index contributed by atoms with van der Waals surface area (Å²) in [5.41, 5.74) is 20.8. The van der Waals surface area contributed by atoms with Crippen LogP contribution in [0.25, 0.3) is 0 Å². The predicted molar refractivity (Wildman–Crippen MR) is 86.0 cm³/mol. The zero-order valence-corrected chi connectivity index (χ0v) is 13.0. The van der Waals surface area contributed by atoms with Crippen molar-refractivity contribution in [2.75, 3.05) is 32.7 Å². The Bertz CT molecular complexity index is 423. The van der Waals surface area contributed by atoms with E-state index in [1.54, 1.807) is 0 Å². The van der Waals surface area contributed by atoms with Gasteiger partial charge in [0.05, 0.1) is 13.1 Å². The van der Waals surface area contributed by atoms with E-state index in [-0.39, 0.29) is 25.0 Å². The van der Waals surface area contributed by atoms with Crippen LogP contribution in [0.5, 0.6) is 0 Å². The quantitative estimate of drug-likeness (QED) is 0.106. The lowest BCUT2D eigenvalue weighted by atomic mass is 10.1. The van der Waals surface area contributed by atoms with Crippen LogP contribution in [0.4, 0.5) is 0 Å². The van der Waals surface area contributed by atoms with Gasteiger partial charge in [-0.2, -0.15) is 0 Å². The Morgan fingerprint density at radius 3 is 2.30 bits per heavy atom. The van der Waals surface area contributed by atoms with Crippen LogP contribution in [0, 0.1) is 0 Å². The van der Waals surface area contributed by atoms with Gasteiger partial charge in [-0.05, 0) is 12.8 Å². The van der Waals surface area contributed by atoms with Crippen molar-refractivity contribution in [1.29, 1.82) is 0 Å². The summed E-state index contributed by atoms with van der Waals surface area (Å²) in [7, 11) is 0. The Hall–Kier alpha value is -2.40. The van der Waals surface area contributed by atoms with Crippen molar-refractivity contribution in [2.45, 2.75) is 18.9 Å². The molecular weight excluding hydrogens is 304 g/mol. The molecule has 1 atom stereocenters. The number of primary amides is 1. The van der Waals surface area contributed by atoms with E-state index in [2.05, 4.69) is 20.9 Å². The topological polar surface area (TPSA) is 204 Å². The zero-order valence-electron chi connectivity index (χ0n) is 13.0. The van der Waals surface area contributed by atoms with Crippen molar-refractivity contribution in [1.82, 2.24) is 16.0 Å². The van der Waals surface area contributed by atoms with Gasteiger partial charge in [0.15, 0.2) is 5.96 Å². The second-order valence-corrected chi connectivity index (χ2v) is 4.71. The highest BCUT2D eigenvalue weighted by molar-refractivity contribution is 5.89. The summed E-state index contributed by atoms with van der Waals surface area (Å²) in [6.07, 6.45) is 0.769. The van der Waals surface area contributed by atoms with Crippen molar-refractivity contribution >= 4 is 23.7 Å². The average Bonchev–Trinajstić information content (AvgIpc) is 2.48. The first-order chi connectivity index (χ1) is 10.9. The molecule has 0 rings (SSSR count). The third-order valence-corrected chi connectivity index (χ3v) is 2.68. The molecule has 0 aromatic rings. The van der Waals surface area contributed by atoms with Gasteiger partial charge in [-0.1, -0.05) is 0 Å². The number of guanidine groups is 1. The first kappa shape index (κ1) is 20.6. The smallest absolute Gasteiger partial charge is 0.240 e. The minimum atomic E-state index is -0.844. The van der Waals surface area contributed by atoms with Gasteiger partial charge in [-0.15, -0.1) is 0 Å². The maximum atomic E-state index is 11.7. The molecule has 0 aliphatic carbocycles. The Balaban J connectivity index is 4.07. The highest BCUT2D eigenvalue weighted by Crippen LogP contribution is 1.97. The van der Waals surface area contributed by atoms with Crippen molar-refractivity contribution in [3.8, 4) is 0 Å². The lowest BCUT2D eigenvalue weighted by Gasteiger charge is -2.15. The summed E-state index contributed by atoms with van der Waals surface area (Å²) >= 11 is 0. The highest BCUT2D eigenvalue weighted by Gasteiger charge is 2.17. The molecule has 0 bridgehead atoms. The minimum absolute atomic E-state index is 0.0457. The fourth-order valence-corrected chi connectivity index (χ4v) is 1.58. The highest BCUT2D eigenvalue weighted by atomic mass is 16.2. The summed E-state index contributed by atoms with van der Waals surface area (Å²) in [6, 6.07) is -0.844. The van der Waals surface area contributed by atoms with Crippen LogP contribution in [-0.4, -0.2) is 62.4 Å². The van der Waals surface area contributed by atoms with Gasteiger partial charge in [0.1, 0.15) is 6.04 Å². The lowest BCUT2D eigenvalue weighted by Crippen LogP contribution is -2.48. The Labute approximate surface area is 134 Å². The molecule has 0 aromatic heterocycles. The summed E-state index contributed by atoms with van der Waals surface area (Å²) < 4.78 is 0. The number of hydrogen-bond donors (Lipinski definition) is 7. The van der Waals surface area contributed by atoms with E-state index in [1.807, 2.05) is 0 Å². The van der Waals surface area contributed by atoms with E-state index in [0.717, 1.165) is 0 Å². The number of nitrogens with zero attached hydrogens (tertiary/aromatic N) is 1. The van der Waals surface area contributed by atoms with Gasteiger partial charge in [0.2, 0.25) is 17.7 Å². The molecule has 0 saturated carbocycles. The number of carbonyl (C=O) groups is 3. The van der Waals surface area contributed by atoms with E-state index >= 15 is 0 Å². The number of rotatable bonds is 12. The Morgan fingerprint density at radius 2 is 1.74 bits per heavy atom. The molecule has 0 aliphatic rings. The molecular formula is C12H26N8O3. The van der Waals surface area contributed by atoms with Gasteiger partial charge < -0.3 is 38.9 Å². The predicted octanol–water partition coefficient (Wildman–Crippen LogP) is -4.33. The Morgan fingerprint density at radius 1 is 1.04 bits per heavy atom. The molecule has 11 nitrogen and oxygen atoms in total. The average molecular weight is 330 g/mol. The van der Waals surface area contributed by atoms with Crippen LogP contribution in [0.3, 0.4) is 0 Å². The van der Waals surface area contributed by atoms with Crippen LogP contribution in [-0.2, 0) is 14.4 Å². The van der Waals surface area contributed by atoms with Crippen LogP contribution in [0.15, 0.2) is 4.99 Å². The van der Waals surface area contributed by atoms with Crippen molar-refractivity contribution in [3.63, 3.8) is 0 Å². The third kappa shape index (κ3) is 11.9. The summed E-state index contributed by atoms with van der Waals surface area (Å²) in [4.78, 5) is 38.1. The summed E-state index contributed by atoms with van der Waals surface area (Å²) in [6.45, 7) is 1.04. The van der Waals surface area contributed by atoms with Gasteiger partial charge in [0.25, 0.3) is 0 Å². The van der Waals surface area contributed by atoms with Crippen molar-refractivity contribution in [2.24, 2.45) is 27.9 Å². The maximum absolute atomic E-state index is 11.7. The largest absolute Gasteiger partial charge is 0.370 e. The molecule has 11 N–H and O–H groups in total. The van der Waals surface area contributed by atoms with Gasteiger partial charge in [0, 0.05) is 19.6 Å². The molecule has 0 saturated heterocycles. The summed E-state index contributed by atoms with van der Waals surface area (Å²) in [5, 5.41) is 7.64. The van der Waals surface area contributed by atoms with Crippen molar-refractivity contribution < 1.29 is 14.4 Å². The first-order valence-corrected chi connectivity index (χ1v) is 7.18. The Kier molecular flexibility index (Phi) is 10.9. The SMILES string of the molecule is NCCNCC(=O)NCC(=O)N[C@@H](CCCN=C(N)N)C(N)=O. The lowest BCUT2D eigenvalue weighted by molar-refractivity contribution is -0.128. The molecule has 11 heteroatoms. The zero-order chi connectivity index (χ0) is 17.7. The number of carbonyl (C=O) groups excluding carboxylic acids is 3. The van der Waals surface area contributed by atoms with E-state index in [4.69, 9.17) is 22.9 Å². The molecule has 0 heterocycles. The standard InChI is InChI=1S/C12H26N8O3/c13-3-5-17-6-9(21)19-7-10(22)20-8(11(14)23)2-1-4-18-12(15)16/h8,17H,1-7,13H2,(H2,14,23)(H,19,21)(H,20,22)(H4,15,16,18)/t8-/m0/s1. The fraction of sp³-hybridized carbons (Fsp3) is 0.667. The molecule has 0 aliphatic heterocycles. The van der Waals surface area contributed by atoms with Crippen LogP contribution < -0.4 is 38.9 Å². The van der Waals surface area contributed by atoms with Gasteiger partial charge in [-0.3, -0.25) is 19.4 Å². The van der Waals surface area contributed by atoms with E-state index in [0.29, 0.717) is 32.5 Å². The molecule has 0 spiro atoms. The minimum Gasteiger partial charge on any atom is -0.370 e. The van der Waals surface area contributed by atoms with Gasteiger partial charge in [-0.25, -0.2) is 0 Å². The molecule has 0 aromatic carbocycles. The normalized spacial score (nSPS) is 11.3. The number of nitrogens with two attached hydrogens (primary N) is 4. The fourth-order valence-electron chi connectivity index (χ4n) is 1.58. The molecule has 23 heavy (non-hydrogen) atoms. The van der Waals surface area contributed by atoms with Gasteiger partial charge >= 0.3 is 0 Å². The van der Waals surface area contributed by atoms with Crippen LogP contribution in [0.2, 0.25) is 0 Å². The molecule has 0 fully saturated rings. The van der Waals surface area contributed by atoms with Crippen LogP contribution in [0.1, 0.15) is 12.8 Å². The molecule has 3 amide bonds. The van der Waals surface area contributed by atoms with E-state index in [1.165, 1.54) is 0 Å². The second kappa shape index (κ2) is 12.2. The molecule has 0 radical (unpaired) electrons. The maximum Gasteiger partial charge on any atom is 0.240 e. The molecule has 132 valence electrons. The monoisotopic (exact) mass is 330 g/mol. The second-order valence-electron chi connectivity index (χ2n) is 4.71. The number of hydrogen-bond acceptors (Lipinski definition) is 6. The van der Waals surface area contributed by atoms with Crippen molar-refractivity contribution in [3.05, 3.63) is 0 Å². The molecule has 0 unspecified atom stereocenters. The number of aliphatic imine (C=N–C) groups is 1. The first-order valence-electron chi connectivity index (χ1n) is 7.18.